The number of hydrogen-bond acceptors (Lipinski definition) is 3. The molecule has 5 heteroatoms. The molecule has 2 rings (SSSR count). The van der Waals surface area contributed by atoms with Gasteiger partial charge in [-0.05, 0) is 49.4 Å². The minimum Gasteiger partial charge on any atom is -0.383 e. The average Bonchev–Trinajstić information content (AvgIpc) is 2.75. The molecule has 100 valence electrons. The Labute approximate surface area is 108 Å². The van der Waals surface area contributed by atoms with Gasteiger partial charge in [0.15, 0.2) is 0 Å². The molecule has 1 aliphatic carbocycles. The largest absolute Gasteiger partial charge is 0.383 e. The van der Waals surface area contributed by atoms with Crippen LogP contribution in [0.5, 0.6) is 0 Å². The maximum Gasteiger partial charge on any atom is 0.240 e. The molecular weight excluding hydrogens is 250 g/mol. The van der Waals surface area contributed by atoms with Crippen LogP contribution in [-0.2, 0) is 27.6 Å². The molecule has 0 heterocycles. The Bertz CT molecular complexity index is 525. The van der Waals surface area contributed by atoms with Crippen molar-refractivity contribution in [3.63, 3.8) is 0 Å². The van der Waals surface area contributed by atoms with Crippen molar-refractivity contribution in [2.24, 2.45) is 0 Å². The van der Waals surface area contributed by atoms with Gasteiger partial charge in [-0.25, -0.2) is 13.1 Å². The van der Waals surface area contributed by atoms with Crippen molar-refractivity contribution in [3.8, 4) is 0 Å². The Hall–Kier alpha value is -0.910. The lowest BCUT2D eigenvalue weighted by atomic mass is 10.1. The molecule has 4 nitrogen and oxygen atoms in total. The Balaban J connectivity index is 2.19. The van der Waals surface area contributed by atoms with Crippen LogP contribution in [0.15, 0.2) is 23.1 Å². The molecule has 0 amide bonds. The number of fused-ring (bicyclic) bond motifs is 1. The smallest absolute Gasteiger partial charge is 0.240 e. The summed E-state index contributed by atoms with van der Waals surface area (Å²) >= 11 is 0. The molecule has 0 aliphatic heterocycles. The summed E-state index contributed by atoms with van der Waals surface area (Å²) in [7, 11) is -1.88. The van der Waals surface area contributed by atoms with Crippen molar-refractivity contribution in [2.45, 2.75) is 37.1 Å². The quantitative estimate of drug-likeness (QED) is 0.881. The summed E-state index contributed by atoms with van der Waals surface area (Å²) in [5.41, 5.74) is 2.44. The van der Waals surface area contributed by atoms with Gasteiger partial charge in [0.25, 0.3) is 0 Å². The summed E-state index contributed by atoms with van der Waals surface area (Å²) < 4.78 is 31.8. The van der Waals surface area contributed by atoms with Crippen LogP contribution in [-0.4, -0.2) is 28.2 Å². The van der Waals surface area contributed by atoms with Crippen molar-refractivity contribution in [2.75, 3.05) is 13.7 Å². The Kier molecular flexibility index (Phi) is 4.04. The molecule has 1 atom stereocenters. The second kappa shape index (κ2) is 5.38. The Morgan fingerprint density at radius 2 is 2.06 bits per heavy atom. The minimum atomic E-state index is -3.43. The molecule has 1 aromatic rings. The molecule has 0 unspecified atom stereocenters. The fourth-order valence-electron chi connectivity index (χ4n) is 2.33. The number of sulfonamides is 1. The highest BCUT2D eigenvalue weighted by Gasteiger charge is 2.20. The summed E-state index contributed by atoms with van der Waals surface area (Å²) in [6.45, 7) is 2.15. The zero-order valence-electron chi connectivity index (χ0n) is 10.8. The maximum atomic E-state index is 12.2. The van der Waals surface area contributed by atoms with Crippen molar-refractivity contribution in [1.29, 1.82) is 0 Å². The highest BCUT2D eigenvalue weighted by atomic mass is 32.2. The third-order valence-corrected chi connectivity index (χ3v) is 4.74. The number of rotatable bonds is 5. The van der Waals surface area contributed by atoms with Gasteiger partial charge < -0.3 is 4.74 Å². The van der Waals surface area contributed by atoms with Gasteiger partial charge in [0.1, 0.15) is 0 Å². The van der Waals surface area contributed by atoms with E-state index in [4.69, 9.17) is 4.74 Å². The van der Waals surface area contributed by atoms with E-state index in [1.165, 1.54) is 5.56 Å². The van der Waals surface area contributed by atoms with E-state index in [-0.39, 0.29) is 6.04 Å². The Morgan fingerprint density at radius 3 is 2.78 bits per heavy atom. The number of nitrogens with one attached hydrogen (secondary N) is 1. The van der Waals surface area contributed by atoms with E-state index in [2.05, 4.69) is 4.72 Å². The fraction of sp³-hybridized carbons (Fsp3) is 0.538. The van der Waals surface area contributed by atoms with E-state index >= 15 is 0 Å². The van der Waals surface area contributed by atoms with Gasteiger partial charge in [0, 0.05) is 13.2 Å². The molecule has 1 aromatic carbocycles. The number of aryl methyl sites for hydroxylation is 2. The van der Waals surface area contributed by atoms with Crippen molar-refractivity contribution >= 4 is 10.0 Å². The van der Waals surface area contributed by atoms with Crippen LogP contribution in [0.4, 0.5) is 0 Å². The first-order chi connectivity index (χ1) is 8.53. The summed E-state index contributed by atoms with van der Waals surface area (Å²) in [5.74, 6) is 0. The van der Waals surface area contributed by atoms with Crippen molar-refractivity contribution in [1.82, 2.24) is 4.72 Å². The number of methoxy groups -OCH3 is 1. The second-order valence-electron chi connectivity index (χ2n) is 4.76. The number of ether oxygens (including phenoxy) is 1. The predicted molar refractivity (Wildman–Crippen MR) is 70.1 cm³/mol. The molecule has 18 heavy (non-hydrogen) atoms. The van der Waals surface area contributed by atoms with Crippen molar-refractivity contribution < 1.29 is 13.2 Å². The molecule has 0 fully saturated rings. The molecule has 0 saturated heterocycles. The van der Waals surface area contributed by atoms with Gasteiger partial charge in [-0.15, -0.1) is 0 Å². The lowest BCUT2D eigenvalue weighted by Crippen LogP contribution is -2.35. The van der Waals surface area contributed by atoms with E-state index in [1.807, 2.05) is 6.07 Å². The summed E-state index contributed by atoms with van der Waals surface area (Å²) in [6, 6.07) is 5.18. The number of hydrogen-bond donors (Lipinski definition) is 1. The van der Waals surface area contributed by atoms with E-state index in [1.54, 1.807) is 26.2 Å². The van der Waals surface area contributed by atoms with Crippen LogP contribution in [0.2, 0.25) is 0 Å². The lowest BCUT2D eigenvalue weighted by molar-refractivity contribution is 0.180. The molecule has 0 spiro atoms. The molecule has 1 N–H and O–H groups in total. The summed E-state index contributed by atoms with van der Waals surface area (Å²) in [5, 5.41) is 0. The third kappa shape index (κ3) is 2.91. The predicted octanol–water partition coefficient (Wildman–Crippen LogP) is 1.49. The monoisotopic (exact) mass is 269 g/mol. The van der Waals surface area contributed by atoms with Crippen LogP contribution in [0.25, 0.3) is 0 Å². The van der Waals surface area contributed by atoms with Gasteiger partial charge in [-0.1, -0.05) is 6.07 Å². The standard InChI is InChI=1S/C13H19NO3S/c1-10(9-17-2)14-18(15,16)13-7-6-11-4-3-5-12(11)8-13/h6-8,10,14H,3-5,9H2,1-2H3/t10-/m1/s1. The van der Waals surface area contributed by atoms with Crippen LogP contribution < -0.4 is 4.72 Å². The van der Waals surface area contributed by atoms with Crippen LogP contribution in [0, 0.1) is 0 Å². The van der Waals surface area contributed by atoms with Crippen LogP contribution in [0.1, 0.15) is 24.5 Å². The van der Waals surface area contributed by atoms with Gasteiger partial charge in [-0.2, -0.15) is 0 Å². The number of benzene rings is 1. The van der Waals surface area contributed by atoms with Gasteiger partial charge in [0.2, 0.25) is 10.0 Å². The topological polar surface area (TPSA) is 55.4 Å². The first-order valence-corrected chi connectivity index (χ1v) is 7.64. The molecule has 0 aromatic heterocycles. The average molecular weight is 269 g/mol. The molecule has 0 bridgehead atoms. The van der Waals surface area contributed by atoms with Gasteiger partial charge >= 0.3 is 0 Å². The van der Waals surface area contributed by atoms with E-state index in [0.717, 1.165) is 24.8 Å². The van der Waals surface area contributed by atoms with Crippen LogP contribution in [0.3, 0.4) is 0 Å². The molecule has 0 radical (unpaired) electrons. The fourth-order valence-corrected chi connectivity index (χ4v) is 3.61. The van der Waals surface area contributed by atoms with Crippen LogP contribution >= 0.6 is 0 Å². The zero-order valence-corrected chi connectivity index (χ0v) is 11.6. The van der Waals surface area contributed by atoms with Crippen molar-refractivity contribution in [3.05, 3.63) is 29.3 Å². The highest BCUT2D eigenvalue weighted by molar-refractivity contribution is 7.89. The van der Waals surface area contributed by atoms with Gasteiger partial charge in [-0.3, -0.25) is 0 Å². The SMILES string of the molecule is COC[C@@H](C)NS(=O)(=O)c1ccc2c(c1)CCC2. The molecule has 1 aliphatic rings. The van der Waals surface area contributed by atoms with Gasteiger partial charge in [0.05, 0.1) is 11.5 Å². The second-order valence-corrected chi connectivity index (χ2v) is 6.48. The lowest BCUT2D eigenvalue weighted by Gasteiger charge is -2.13. The minimum absolute atomic E-state index is 0.228. The Morgan fingerprint density at radius 1 is 1.33 bits per heavy atom. The first kappa shape index (κ1) is 13.5. The third-order valence-electron chi connectivity index (χ3n) is 3.15. The summed E-state index contributed by atoms with van der Waals surface area (Å²) in [4.78, 5) is 0.353. The molecule has 0 saturated carbocycles. The highest BCUT2D eigenvalue weighted by Crippen LogP contribution is 2.24. The van der Waals surface area contributed by atoms with E-state index in [9.17, 15) is 8.42 Å². The zero-order chi connectivity index (χ0) is 13.2. The molecular formula is C13H19NO3S. The normalized spacial score (nSPS) is 16.6. The first-order valence-electron chi connectivity index (χ1n) is 6.16. The van der Waals surface area contributed by atoms with E-state index < -0.39 is 10.0 Å². The van der Waals surface area contributed by atoms with E-state index in [0.29, 0.717) is 11.5 Å². The summed E-state index contributed by atoms with van der Waals surface area (Å²) in [6.07, 6.45) is 3.15. The maximum absolute atomic E-state index is 12.2.